The van der Waals surface area contributed by atoms with Crippen molar-refractivity contribution in [1.82, 2.24) is 0 Å². The fourth-order valence-corrected chi connectivity index (χ4v) is 5.32. The van der Waals surface area contributed by atoms with E-state index in [0.717, 1.165) is 17.7 Å². The largest absolute Gasteiger partial charge is 0.508 e. The number of benzene rings is 4. The van der Waals surface area contributed by atoms with Crippen LogP contribution in [0.3, 0.4) is 0 Å². The van der Waals surface area contributed by atoms with E-state index < -0.39 is 70.2 Å². The van der Waals surface area contributed by atoms with Gasteiger partial charge in [0.25, 0.3) is 0 Å². The summed E-state index contributed by atoms with van der Waals surface area (Å²) in [6, 6.07) is 14.0. The van der Waals surface area contributed by atoms with Gasteiger partial charge >= 0.3 is 23.9 Å². The molecule has 2 heterocycles. The number of phenols is 4. The van der Waals surface area contributed by atoms with E-state index in [9.17, 15) is 54.3 Å². The van der Waals surface area contributed by atoms with Crippen molar-refractivity contribution in [3.8, 4) is 51.6 Å². The van der Waals surface area contributed by atoms with Crippen LogP contribution in [-0.4, -0.2) is 60.8 Å². The number of aromatic carboxylic acids is 1. The van der Waals surface area contributed by atoms with E-state index >= 15 is 0 Å². The highest BCUT2D eigenvalue weighted by Crippen LogP contribution is 2.50. The van der Waals surface area contributed by atoms with Gasteiger partial charge in [-0.15, -0.1) is 0 Å². The Bertz CT molecular complexity index is 2440. The number of carbonyl (C=O) groups excluding carboxylic acids is 3. The molecule has 1 aliphatic rings. The normalized spacial score (nSPS) is 11.6. The van der Waals surface area contributed by atoms with Gasteiger partial charge in [-0.3, -0.25) is 9.59 Å². The first-order valence-electron chi connectivity index (χ1n) is 15.1. The third-order valence-electron chi connectivity index (χ3n) is 7.72. The molecule has 0 fully saturated rings. The number of carboxylic acid groups (broad SMARTS) is 2. The van der Waals surface area contributed by atoms with E-state index in [2.05, 4.69) is 0 Å². The number of aliphatic carboxylic acids is 1. The van der Waals surface area contributed by atoms with E-state index in [1.807, 2.05) is 30.3 Å². The molecule has 0 aliphatic carbocycles. The standard InChI is InChI=1S/C22H16O12.C15H10O4/c1-8-5-12(24)10(6-23)19-15(8)22(31)34-20-11(7-32-14(27)4-3-13(25)26)17(28)16(21(29)30)9(2)18(20)33-19;16-10-6-11(17)15-12(18)8-13(19-14(15)7-10)9-4-2-1-3-5-9/h3-6,24,28H,7H2,1-2H3,(H,25,26)(H,29,30);1-8,16-17H. The summed E-state index contributed by atoms with van der Waals surface area (Å²) in [7, 11) is 0. The van der Waals surface area contributed by atoms with Crippen LogP contribution in [0, 0.1) is 13.8 Å². The van der Waals surface area contributed by atoms with Gasteiger partial charge < -0.3 is 49.3 Å². The Labute approximate surface area is 296 Å². The number of fused-ring (bicyclic) bond motifs is 3. The summed E-state index contributed by atoms with van der Waals surface area (Å²) in [5, 5.41) is 58.1. The first-order valence-corrected chi connectivity index (χ1v) is 15.1. The number of rotatable bonds is 7. The third-order valence-corrected chi connectivity index (χ3v) is 7.72. The highest BCUT2D eigenvalue weighted by molar-refractivity contribution is 6.03. The summed E-state index contributed by atoms with van der Waals surface area (Å²) < 4.78 is 21.5. The van der Waals surface area contributed by atoms with Crippen molar-refractivity contribution >= 4 is 41.1 Å². The average Bonchev–Trinajstić information content (AvgIpc) is 3.24. The minimum Gasteiger partial charge on any atom is -0.508 e. The summed E-state index contributed by atoms with van der Waals surface area (Å²) in [6.45, 7) is 1.83. The second kappa shape index (κ2) is 14.7. The van der Waals surface area contributed by atoms with Crippen molar-refractivity contribution in [1.29, 1.82) is 0 Å². The molecular formula is C37H26O16. The maximum Gasteiger partial charge on any atom is 0.347 e. The van der Waals surface area contributed by atoms with Gasteiger partial charge in [0, 0.05) is 41.5 Å². The van der Waals surface area contributed by atoms with Gasteiger partial charge in [-0.2, -0.15) is 0 Å². The number of carbonyl (C=O) groups is 5. The van der Waals surface area contributed by atoms with Gasteiger partial charge in [-0.1, -0.05) is 30.3 Å². The topological polar surface area (TPSA) is 265 Å². The number of aromatic hydroxyl groups is 4. The summed E-state index contributed by atoms with van der Waals surface area (Å²) >= 11 is 0. The second-order valence-electron chi connectivity index (χ2n) is 11.2. The molecule has 6 rings (SSSR count). The molecule has 0 radical (unpaired) electrons. The summed E-state index contributed by atoms with van der Waals surface area (Å²) in [5.74, 6) is -7.96. The molecule has 0 amide bonds. The van der Waals surface area contributed by atoms with Crippen LogP contribution < -0.4 is 14.9 Å². The SMILES string of the molecule is Cc1cc(O)c(C=O)c2c1C(=O)Oc1c(COC(=O)C=CC(=O)O)c(O)c(C(=O)O)c(C)c1O2.O=c1cc(-c2ccccc2)oc2cc(O)cc(O)c12. The number of aryl methyl sites for hydroxylation is 1. The number of aldehydes is 1. The zero-order valence-corrected chi connectivity index (χ0v) is 27.4. The zero-order valence-electron chi connectivity index (χ0n) is 27.4. The van der Waals surface area contributed by atoms with Crippen LogP contribution in [0.2, 0.25) is 0 Å². The molecule has 0 bridgehead atoms. The molecule has 6 N–H and O–H groups in total. The number of hydrogen-bond donors (Lipinski definition) is 6. The van der Waals surface area contributed by atoms with Gasteiger partial charge in [0.05, 0.1) is 11.1 Å². The van der Waals surface area contributed by atoms with E-state index in [0.29, 0.717) is 17.9 Å². The minimum atomic E-state index is -1.60. The lowest BCUT2D eigenvalue weighted by molar-refractivity contribution is -0.139. The monoisotopic (exact) mass is 726 g/mol. The summed E-state index contributed by atoms with van der Waals surface area (Å²) in [5.41, 5.74) is -1.24. The lowest BCUT2D eigenvalue weighted by Gasteiger charge is -2.18. The predicted octanol–water partition coefficient (Wildman–Crippen LogP) is 5.11. The third kappa shape index (κ3) is 7.32. The molecule has 5 aromatic rings. The molecule has 0 spiro atoms. The van der Waals surface area contributed by atoms with Crippen molar-refractivity contribution in [2.75, 3.05) is 0 Å². The molecule has 16 heteroatoms. The molecule has 1 aromatic heterocycles. The van der Waals surface area contributed by atoms with Crippen molar-refractivity contribution in [3.63, 3.8) is 0 Å². The second-order valence-corrected chi connectivity index (χ2v) is 11.2. The van der Waals surface area contributed by atoms with Crippen LogP contribution in [0.4, 0.5) is 0 Å². The minimum absolute atomic E-state index is 0.0671. The van der Waals surface area contributed by atoms with Gasteiger partial charge in [-0.25, -0.2) is 19.2 Å². The van der Waals surface area contributed by atoms with Crippen molar-refractivity contribution in [3.05, 3.63) is 110 Å². The molecule has 1 aliphatic heterocycles. The Hall–Kier alpha value is -7.62. The zero-order chi connectivity index (χ0) is 38.7. The fraction of sp³-hybridized carbons (Fsp3) is 0.0811. The Morgan fingerprint density at radius 3 is 2.17 bits per heavy atom. The lowest BCUT2D eigenvalue weighted by Crippen LogP contribution is -2.13. The quantitative estimate of drug-likeness (QED) is 0.0551. The van der Waals surface area contributed by atoms with Gasteiger partial charge in [0.1, 0.15) is 57.5 Å². The molecule has 0 saturated heterocycles. The van der Waals surface area contributed by atoms with Crippen LogP contribution >= 0.6 is 0 Å². The molecule has 0 unspecified atom stereocenters. The van der Waals surface area contributed by atoms with Crippen molar-refractivity contribution in [2.24, 2.45) is 0 Å². The number of hydrogen-bond acceptors (Lipinski definition) is 14. The van der Waals surface area contributed by atoms with E-state index in [4.69, 9.17) is 23.7 Å². The maximum absolute atomic E-state index is 12.9. The van der Waals surface area contributed by atoms with Crippen LogP contribution in [-0.2, 0) is 20.9 Å². The van der Waals surface area contributed by atoms with Gasteiger partial charge in [-0.05, 0) is 25.5 Å². The fourth-order valence-electron chi connectivity index (χ4n) is 5.32. The Balaban J connectivity index is 0.000000239. The molecule has 16 nitrogen and oxygen atoms in total. The van der Waals surface area contributed by atoms with Crippen LogP contribution in [0.1, 0.15) is 47.8 Å². The Morgan fingerprint density at radius 1 is 0.830 bits per heavy atom. The van der Waals surface area contributed by atoms with Crippen LogP contribution in [0.25, 0.3) is 22.3 Å². The van der Waals surface area contributed by atoms with E-state index in [1.165, 1.54) is 26.0 Å². The smallest absolute Gasteiger partial charge is 0.347 e. The molecule has 270 valence electrons. The summed E-state index contributed by atoms with van der Waals surface area (Å²) in [6.07, 6.45) is 1.30. The van der Waals surface area contributed by atoms with Crippen molar-refractivity contribution in [2.45, 2.75) is 20.5 Å². The van der Waals surface area contributed by atoms with Crippen molar-refractivity contribution < 1.29 is 73.2 Å². The highest BCUT2D eigenvalue weighted by atomic mass is 16.6. The first-order chi connectivity index (χ1) is 25.1. The van der Waals surface area contributed by atoms with Gasteiger partial charge in [0.15, 0.2) is 29.0 Å². The van der Waals surface area contributed by atoms with Gasteiger partial charge in [0.2, 0.25) is 0 Å². The highest BCUT2D eigenvalue weighted by Gasteiger charge is 2.36. The van der Waals surface area contributed by atoms with E-state index in [-0.39, 0.29) is 56.6 Å². The van der Waals surface area contributed by atoms with Crippen LogP contribution in [0.15, 0.2) is 76.0 Å². The first kappa shape index (κ1) is 36.7. The van der Waals surface area contributed by atoms with E-state index in [1.54, 1.807) is 0 Å². The van der Waals surface area contributed by atoms with Crippen LogP contribution in [0.5, 0.6) is 40.2 Å². The number of phenolic OH excluding ortho intramolecular Hbond substituents is 3. The number of esters is 2. The predicted molar refractivity (Wildman–Crippen MR) is 181 cm³/mol. The molecule has 0 saturated carbocycles. The summed E-state index contributed by atoms with van der Waals surface area (Å²) in [4.78, 5) is 70.6. The Morgan fingerprint density at radius 2 is 1.53 bits per heavy atom. The molecule has 4 aromatic carbocycles. The Kier molecular flexibility index (Phi) is 10.2. The molecule has 0 atom stereocenters. The lowest BCUT2D eigenvalue weighted by atomic mass is 10.0. The molecule has 53 heavy (non-hydrogen) atoms. The molecular weight excluding hydrogens is 700 g/mol. The maximum atomic E-state index is 12.9. The number of ether oxygens (including phenoxy) is 3. The number of carboxylic acids is 2. The average molecular weight is 727 g/mol.